The van der Waals surface area contributed by atoms with Crippen molar-refractivity contribution in [3.05, 3.63) is 33.9 Å². The zero-order valence-corrected chi connectivity index (χ0v) is 10.4. The summed E-state index contributed by atoms with van der Waals surface area (Å²) in [6.45, 7) is 0. The molecule has 0 aliphatic carbocycles. The highest BCUT2D eigenvalue weighted by Gasteiger charge is 2.13. The number of nitro groups is 1. The van der Waals surface area contributed by atoms with Crippen LogP contribution in [0.5, 0.6) is 0 Å². The lowest BCUT2D eigenvalue weighted by Crippen LogP contribution is -2.01. The first-order chi connectivity index (χ1) is 8.58. The van der Waals surface area contributed by atoms with Gasteiger partial charge < -0.3 is 4.74 Å². The highest BCUT2D eigenvalue weighted by molar-refractivity contribution is 7.99. The molecule has 0 heterocycles. The van der Waals surface area contributed by atoms with Crippen LogP contribution in [0.2, 0.25) is 0 Å². The number of hydrogen-bond acceptors (Lipinski definition) is 6. The molecule has 0 saturated heterocycles. The van der Waals surface area contributed by atoms with Crippen LogP contribution in [-0.2, 0) is 9.53 Å². The highest BCUT2D eigenvalue weighted by Crippen LogP contribution is 2.25. The molecule has 0 saturated carbocycles. The first kappa shape index (κ1) is 14.2. The largest absolute Gasteiger partial charge is 0.469 e. The number of nitro benzene ring substituents is 1. The van der Waals surface area contributed by atoms with E-state index in [1.165, 1.54) is 31.0 Å². The van der Waals surface area contributed by atoms with Crippen molar-refractivity contribution in [3.63, 3.8) is 0 Å². The molecule has 0 aromatic heterocycles. The van der Waals surface area contributed by atoms with Crippen LogP contribution in [-0.4, -0.2) is 30.0 Å². The minimum atomic E-state index is -0.605. The van der Waals surface area contributed by atoms with Crippen molar-refractivity contribution in [1.82, 2.24) is 0 Å². The third-order valence-corrected chi connectivity index (χ3v) is 3.12. The molecule has 0 N–H and O–H groups in total. The molecule has 96 valence electrons. The van der Waals surface area contributed by atoms with Crippen molar-refractivity contribution in [3.8, 4) is 0 Å². The van der Waals surface area contributed by atoms with Gasteiger partial charge in [0.25, 0.3) is 5.69 Å². The normalized spacial score (nSPS) is 9.83. The van der Waals surface area contributed by atoms with Crippen LogP contribution < -0.4 is 0 Å². The van der Waals surface area contributed by atoms with E-state index in [0.29, 0.717) is 16.9 Å². The molecule has 0 bridgehead atoms. The molecule has 1 aromatic carbocycles. The van der Waals surface area contributed by atoms with Crippen LogP contribution in [0, 0.1) is 10.1 Å². The molecular weight excluding hydrogens is 258 g/mol. The van der Waals surface area contributed by atoms with Gasteiger partial charge in [-0.05, 0) is 12.1 Å². The Hall–Kier alpha value is -1.89. The zero-order chi connectivity index (χ0) is 13.5. The predicted molar refractivity (Wildman–Crippen MR) is 65.8 cm³/mol. The lowest BCUT2D eigenvalue weighted by Gasteiger charge is -2.02. The Morgan fingerprint density at radius 1 is 1.56 bits per heavy atom. The Balaban J connectivity index is 2.71. The molecule has 1 rings (SSSR count). The third-order valence-electron chi connectivity index (χ3n) is 2.13. The average molecular weight is 269 g/mol. The average Bonchev–Trinajstić information content (AvgIpc) is 2.37. The van der Waals surface area contributed by atoms with E-state index in [-0.39, 0.29) is 23.6 Å². The Bertz CT molecular complexity index is 475. The molecule has 7 heteroatoms. The van der Waals surface area contributed by atoms with Gasteiger partial charge in [0.15, 0.2) is 6.29 Å². The molecule has 0 amide bonds. The zero-order valence-electron chi connectivity index (χ0n) is 9.62. The van der Waals surface area contributed by atoms with Crippen molar-refractivity contribution in [2.75, 3.05) is 12.9 Å². The summed E-state index contributed by atoms with van der Waals surface area (Å²) in [6, 6.07) is 4.27. The highest BCUT2D eigenvalue weighted by atomic mass is 32.2. The summed E-state index contributed by atoms with van der Waals surface area (Å²) >= 11 is 1.33. The summed E-state index contributed by atoms with van der Waals surface area (Å²) in [5.41, 5.74) is -0.189. The topological polar surface area (TPSA) is 86.5 Å². The van der Waals surface area contributed by atoms with E-state index in [0.717, 1.165) is 0 Å². The van der Waals surface area contributed by atoms with E-state index >= 15 is 0 Å². The number of thioether (sulfide) groups is 1. The van der Waals surface area contributed by atoms with E-state index in [4.69, 9.17) is 0 Å². The molecular formula is C11H11NO5S. The second kappa shape index (κ2) is 6.75. The predicted octanol–water partition coefficient (Wildman–Crippen LogP) is 2.06. The van der Waals surface area contributed by atoms with Gasteiger partial charge in [-0.3, -0.25) is 19.7 Å². The van der Waals surface area contributed by atoms with E-state index in [1.54, 1.807) is 6.07 Å². The van der Waals surface area contributed by atoms with Crippen LogP contribution in [0.15, 0.2) is 23.1 Å². The summed E-state index contributed by atoms with van der Waals surface area (Å²) in [7, 11) is 1.31. The van der Waals surface area contributed by atoms with Gasteiger partial charge >= 0.3 is 5.97 Å². The van der Waals surface area contributed by atoms with Gasteiger partial charge in [0.05, 0.1) is 24.0 Å². The minimum Gasteiger partial charge on any atom is -0.469 e. The van der Waals surface area contributed by atoms with Gasteiger partial charge in [0.2, 0.25) is 0 Å². The maximum absolute atomic E-state index is 10.9. The fourth-order valence-corrected chi connectivity index (χ4v) is 2.12. The first-order valence-electron chi connectivity index (χ1n) is 5.01. The van der Waals surface area contributed by atoms with Crippen LogP contribution in [0.1, 0.15) is 16.8 Å². The number of rotatable bonds is 6. The van der Waals surface area contributed by atoms with E-state index in [9.17, 15) is 19.7 Å². The van der Waals surface area contributed by atoms with Gasteiger partial charge in [-0.25, -0.2) is 0 Å². The summed E-state index contributed by atoms with van der Waals surface area (Å²) in [6.07, 6.45) is 0.692. The van der Waals surface area contributed by atoms with Crippen molar-refractivity contribution in [2.24, 2.45) is 0 Å². The van der Waals surface area contributed by atoms with Gasteiger partial charge in [-0.15, -0.1) is 11.8 Å². The molecule has 0 aliphatic heterocycles. The Kier molecular flexibility index (Phi) is 5.31. The Morgan fingerprint density at radius 2 is 2.28 bits per heavy atom. The maximum Gasteiger partial charge on any atom is 0.306 e. The summed E-state index contributed by atoms with van der Waals surface area (Å²) in [4.78, 5) is 32.3. The number of ether oxygens (including phenoxy) is 1. The molecule has 18 heavy (non-hydrogen) atoms. The fourth-order valence-electron chi connectivity index (χ4n) is 1.24. The second-order valence-electron chi connectivity index (χ2n) is 3.27. The van der Waals surface area contributed by atoms with Gasteiger partial charge in [-0.2, -0.15) is 0 Å². The number of hydrogen-bond donors (Lipinski definition) is 0. The van der Waals surface area contributed by atoms with Crippen LogP contribution in [0.4, 0.5) is 5.69 Å². The molecule has 6 nitrogen and oxygen atoms in total. The Morgan fingerprint density at radius 3 is 2.83 bits per heavy atom. The van der Waals surface area contributed by atoms with Crippen LogP contribution in [0.25, 0.3) is 0 Å². The SMILES string of the molecule is COC(=O)CCSc1ccc([N+](=O)[O-])c(C=O)c1. The summed E-state index contributed by atoms with van der Waals surface area (Å²) in [5, 5.41) is 10.6. The number of carbonyl (C=O) groups excluding carboxylic acids is 2. The Labute approximate surface area is 107 Å². The maximum atomic E-state index is 10.9. The van der Waals surface area contributed by atoms with E-state index < -0.39 is 4.92 Å². The lowest BCUT2D eigenvalue weighted by atomic mass is 10.2. The smallest absolute Gasteiger partial charge is 0.306 e. The van der Waals surface area contributed by atoms with Crippen molar-refractivity contribution in [1.29, 1.82) is 0 Å². The molecule has 0 unspecified atom stereocenters. The number of nitrogens with zero attached hydrogens (tertiary/aromatic N) is 1. The summed E-state index contributed by atoms with van der Waals surface area (Å²) in [5.74, 6) is 0.169. The first-order valence-corrected chi connectivity index (χ1v) is 6.00. The number of benzene rings is 1. The lowest BCUT2D eigenvalue weighted by molar-refractivity contribution is -0.385. The minimum absolute atomic E-state index is 0.0306. The number of methoxy groups -OCH3 is 1. The van der Waals surface area contributed by atoms with Gasteiger partial charge in [0, 0.05) is 16.7 Å². The standard InChI is InChI=1S/C11H11NO5S/c1-17-11(14)4-5-18-9-2-3-10(12(15)16)8(6-9)7-13/h2-3,6-7H,4-5H2,1H3. The van der Waals surface area contributed by atoms with Crippen molar-refractivity contribution < 1.29 is 19.2 Å². The number of carbonyl (C=O) groups is 2. The van der Waals surface area contributed by atoms with Crippen LogP contribution in [0.3, 0.4) is 0 Å². The molecule has 0 spiro atoms. The van der Waals surface area contributed by atoms with E-state index in [1.807, 2.05) is 0 Å². The molecule has 0 atom stereocenters. The van der Waals surface area contributed by atoms with E-state index in [2.05, 4.69) is 4.74 Å². The molecule has 0 fully saturated rings. The number of aldehydes is 1. The van der Waals surface area contributed by atoms with Gasteiger partial charge in [0.1, 0.15) is 0 Å². The molecule has 1 aromatic rings. The van der Waals surface area contributed by atoms with Crippen LogP contribution >= 0.6 is 11.8 Å². The van der Waals surface area contributed by atoms with Crippen molar-refractivity contribution in [2.45, 2.75) is 11.3 Å². The second-order valence-corrected chi connectivity index (χ2v) is 4.44. The summed E-state index contributed by atoms with van der Waals surface area (Å²) < 4.78 is 4.49. The molecule has 0 radical (unpaired) electrons. The monoisotopic (exact) mass is 269 g/mol. The third kappa shape index (κ3) is 3.85. The number of esters is 1. The van der Waals surface area contributed by atoms with Gasteiger partial charge in [-0.1, -0.05) is 0 Å². The fraction of sp³-hybridized carbons (Fsp3) is 0.273. The quantitative estimate of drug-likeness (QED) is 0.258. The van der Waals surface area contributed by atoms with Crippen molar-refractivity contribution >= 4 is 29.7 Å². The molecule has 0 aliphatic rings.